The number of rotatable bonds is 1. The number of anilines is 2. The van der Waals surface area contributed by atoms with Gasteiger partial charge in [0.05, 0.1) is 16.9 Å². The quantitative estimate of drug-likeness (QED) is 0.866. The average Bonchev–Trinajstić information content (AvgIpc) is 2.52. The maximum absolute atomic E-state index is 12.8. The molecule has 2 amide bonds. The highest BCUT2D eigenvalue weighted by atomic mass is 19.4. The highest BCUT2D eigenvalue weighted by Crippen LogP contribution is 2.37. The first kappa shape index (κ1) is 16.0. The maximum Gasteiger partial charge on any atom is 0.416 e. The molecule has 2 aromatic carbocycles. The molecule has 124 valence electrons. The summed E-state index contributed by atoms with van der Waals surface area (Å²) in [6.07, 6.45) is -4.52. The number of benzene rings is 2. The second-order valence-electron chi connectivity index (χ2n) is 5.54. The average molecular weight is 334 g/mol. The third kappa shape index (κ3) is 2.97. The molecule has 1 aliphatic heterocycles. The number of aryl methyl sites for hydroxylation is 1. The van der Waals surface area contributed by atoms with E-state index in [1.807, 2.05) is 6.92 Å². The molecule has 0 fully saturated rings. The zero-order valence-electron chi connectivity index (χ0n) is 12.6. The number of nitrogens with zero attached hydrogens (tertiary/aromatic N) is 1. The molecule has 0 aliphatic carbocycles. The van der Waals surface area contributed by atoms with Crippen LogP contribution in [0.5, 0.6) is 0 Å². The summed E-state index contributed by atoms with van der Waals surface area (Å²) >= 11 is 0. The third-order valence-corrected chi connectivity index (χ3v) is 3.73. The molecule has 3 rings (SSSR count). The van der Waals surface area contributed by atoms with Crippen molar-refractivity contribution in [1.29, 1.82) is 0 Å². The maximum atomic E-state index is 12.8. The van der Waals surface area contributed by atoms with Gasteiger partial charge in [-0.05, 0) is 37.3 Å². The molecule has 1 aliphatic rings. The van der Waals surface area contributed by atoms with Crippen molar-refractivity contribution in [2.45, 2.75) is 13.1 Å². The summed E-state index contributed by atoms with van der Waals surface area (Å²) in [5.41, 5.74) is 0.667. The molecule has 4 nitrogen and oxygen atoms in total. The van der Waals surface area contributed by atoms with Crippen molar-refractivity contribution >= 4 is 23.2 Å². The van der Waals surface area contributed by atoms with Gasteiger partial charge in [-0.1, -0.05) is 17.7 Å². The number of alkyl halides is 3. The van der Waals surface area contributed by atoms with E-state index in [1.54, 1.807) is 24.3 Å². The molecule has 1 heterocycles. The minimum Gasteiger partial charge on any atom is -0.323 e. The van der Waals surface area contributed by atoms with Crippen LogP contribution in [0.3, 0.4) is 0 Å². The number of fused-ring (bicyclic) bond motifs is 1. The van der Waals surface area contributed by atoms with Crippen molar-refractivity contribution in [3.05, 3.63) is 59.2 Å². The van der Waals surface area contributed by atoms with Crippen molar-refractivity contribution in [3.8, 4) is 0 Å². The molecule has 0 aromatic heterocycles. The first-order valence-corrected chi connectivity index (χ1v) is 7.15. The Hall–Kier alpha value is -2.83. The monoisotopic (exact) mass is 334 g/mol. The van der Waals surface area contributed by atoms with Crippen molar-refractivity contribution in [2.24, 2.45) is 0 Å². The first-order chi connectivity index (χ1) is 11.3. The van der Waals surface area contributed by atoms with E-state index in [2.05, 4.69) is 5.32 Å². The molecule has 0 unspecified atom stereocenters. The van der Waals surface area contributed by atoms with Gasteiger partial charge in [-0.2, -0.15) is 13.2 Å². The van der Waals surface area contributed by atoms with Crippen LogP contribution in [0.1, 0.15) is 21.5 Å². The fourth-order valence-electron chi connectivity index (χ4n) is 2.50. The molecule has 0 saturated carbocycles. The van der Waals surface area contributed by atoms with Gasteiger partial charge in [0.1, 0.15) is 6.54 Å². The molecule has 0 radical (unpaired) electrons. The Labute approximate surface area is 135 Å². The Balaban J connectivity index is 2.01. The van der Waals surface area contributed by atoms with E-state index in [0.717, 1.165) is 17.7 Å². The van der Waals surface area contributed by atoms with Crippen LogP contribution in [0, 0.1) is 6.92 Å². The SMILES string of the molecule is Cc1ccc(C(=O)N2CC(=O)Nc3cc(C(F)(F)F)ccc32)cc1. The van der Waals surface area contributed by atoms with Gasteiger partial charge in [0.15, 0.2) is 0 Å². The van der Waals surface area contributed by atoms with Crippen molar-refractivity contribution < 1.29 is 22.8 Å². The van der Waals surface area contributed by atoms with Crippen molar-refractivity contribution in [3.63, 3.8) is 0 Å². The van der Waals surface area contributed by atoms with Crippen LogP contribution in [-0.4, -0.2) is 18.4 Å². The number of amides is 2. The number of carbonyl (C=O) groups excluding carboxylic acids is 2. The van der Waals surface area contributed by atoms with Crippen LogP contribution < -0.4 is 10.2 Å². The second kappa shape index (κ2) is 5.67. The summed E-state index contributed by atoms with van der Waals surface area (Å²) in [5.74, 6) is -0.979. The lowest BCUT2D eigenvalue weighted by Crippen LogP contribution is -2.42. The Morgan fingerprint density at radius 1 is 1.12 bits per heavy atom. The van der Waals surface area contributed by atoms with Crippen molar-refractivity contribution in [2.75, 3.05) is 16.8 Å². The summed E-state index contributed by atoms with van der Waals surface area (Å²) in [5, 5.41) is 2.38. The molecule has 0 atom stereocenters. The van der Waals surface area contributed by atoms with E-state index in [0.29, 0.717) is 5.56 Å². The van der Waals surface area contributed by atoms with Crippen molar-refractivity contribution in [1.82, 2.24) is 0 Å². The van der Waals surface area contributed by atoms with E-state index in [-0.39, 0.29) is 17.9 Å². The van der Waals surface area contributed by atoms with E-state index in [9.17, 15) is 22.8 Å². The minimum atomic E-state index is -4.52. The molecule has 0 bridgehead atoms. The van der Waals surface area contributed by atoms with Gasteiger partial charge in [-0.25, -0.2) is 0 Å². The van der Waals surface area contributed by atoms with Crippen LogP contribution in [0.25, 0.3) is 0 Å². The fraction of sp³-hybridized carbons (Fsp3) is 0.176. The van der Waals surface area contributed by atoms with E-state index >= 15 is 0 Å². The second-order valence-corrected chi connectivity index (χ2v) is 5.54. The van der Waals surface area contributed by atoms with E-state index < -0.39 is 23.6 Å². The summed E-state index contributed by atoms with van der Waals surface area (Å²) in [4.78, 5) is 25.6. The molecular weight excluding hydrogens is 321 g/mol. The number of nitrogens with one attached hydrogen (secondary N) is 1. The normalized spacial score (nSPS) is 14.2. The Morgan fingerprint density at radius 3 is 2.42 bits per heavy atom. The summed E-state index contributed by atoms with van der Waals surface area (Å²) in [7, 11) is 0. The fourth-order valence-corrected chi connectivity index (χ4v) is 2.50. The van der Waals surface area contributed by atoms with Crippen LogP contribution in [0.2, 0.25) is 0 Å². The van der Waals surface area contributed by atoms with Crippen LogP contribution in [0.4, 0.5) is 24.5 Å². The summed E-state index contributed by atoms with van der Waals surface area (Å²) in [6.45, 7) is 1.63. The van der Waals surface area contributed by atoms with Gasteiger partial charge in [0.25, 0.3) is 5.91 Å². The zero-order chi connectivity index (χ0) is 17.5. The molecule has 1 N–H and O–H groups in total. The lowest BCUT2D eigenvalue weighted by Gasteiger charge is -2.29. The van der Waals surface area contributed by atoms with Crippen LogP contribution >= 0.6 is 0 Å². The molecule has 0 spiro atoms. The van der Waals surface area contributed by atoms with Gasteiger partial charge >= 0.3 is 6.18 Å². The number of halogens is 3. The largest absolute Gasteiger partial charge is 0.416 e. The zero-order valence-corrected chi connectivity index (χ0v) is 12.6. The first-order valence-electron chi connectivity index (χ1n) is 7.15. The van der Waals surface area contributed by atoms with Crippen LogP contribution in [0.15, 0.2) is 42.5 Å². The molecule has 24 heavy (non-hydrogen) atoms. The predicted octanol–water partition coefficient (Wildman–Crippen LogP) is 3.61. The van der Waals surface area contributed by atoms with Gasteiger partial charge in [0, 0.05) is 5.56 Å². The Morgan fingerprint density at radius 2 is 1.79 bits per heavy atom. The van der Waals surface area contributed by atoms with E-state index in [1.165, 1.54) is 11.0 Å². The Kier molecular flexibility index (Phi) is 3.79. The van der Waals surface area contributed by atoms with E-state index in [4.69, 9.17) is 0 Å². The number of carbonyl (C=O) groups is 2. The Bertz CT molecular complexity index is 814. The molecule has 0 saturated heterocycles. The summed E-state index contributed by atoms with van der Waals surface area (Å²) < 4.78 is 38.5. The lowest BCUT2D eigenvalue weighted by atomic mass is 10.1. The van der Waals surface area contributed by atoms with Crippen LogP contribution in [-0.2, 0) is 11.0 Å². The molecular formula is C17H13F3N2O2. The van der Waals surface area contributed by atoms with Gasteiger partial charge in [-0.3, -0.25) is 14.5 Å². The highest BCUT2D eigenvalue weighted by molar-refractivity contribution is 6.15. The summed E-state index contributed by atoms with van der Waals surface area (Å²) in [6, 6.07) is 9.68. The number of hydrogen-bond donors (Lipinski definition) is 1. The third-order valence-electron chi connectivity index (χ3n) is 3.73. The smallest absolute Gasteiger partial charge is 0.323 e. The van der Waals surface area contributed by atoms with Gasteiger partial charge < -0.3 is 5.32 Å². The predicted molar refractivity (Wildman–Crippen MR) is 82.9 cm³/mol. The van der Waals surface area contributed by atoms with Gasteiger partial charge in [0.2, 0.25) is 5.91 Å². The molecule has 7 heteroatoms. The minimum absolute atomic E-state index is 0.0264. The highest BCUT2D eigenvalue weighted by Gasteiger charge is 2.34. The van der Waals surface area contributed by atoms with Gasteiger partial charge in [-0.15, -0.1) is 0 Å². The molecule has 2 aromatic rings. The number of hydrogen-bond acceptors (Lipinski definition) is 2. The lowest BCUT2D eigenvalue weighted by molar-refractivity contribution is -0.137. The standard InChI is InChI=1S/C17H13F3N2O2/c1-10-2-4-11(5-3-10)16(24)22-9-15(23)21-13-8-12(17(18,19)20)6-7-14(13)22/h2-8H,9H2,1H3,(H,21,23). The topological polar surface area (TPSA) is 49.4 Å².